The van der Waals surface area contributed by atoms with E-state index < -0.39 is 0 Å². The van der Waals surface area contributed by atoms with Crippen LogP contribution in [-0.2, 0) is 4.74 Å². The molecule has 4 N–H and O–H groups in total. The highest BCUT2D eigenvalue weighted by atomic mass is 16.7. The molecular formula is C18H23N3O3. The molecule has 0 fully saturated rings. The molecule has 0 heterocycles. The zero-order valence-electron chi connectivity index (χ0n) is 13.9. The van der Waals surface area contributed by atoms with Crippen LogP contribution in [0.25, 0.3) is 0 Å². The Morgan fingerprint density at radius 2 is 1.96 bits per heavy atom. The van der Waals surface area contributed by atoms with Crippen molar-refractivity contribution in [2.24, 2.45) is 5.73 Å². The zero-order chi connectivity index (χ0) is 17.5. The summed E-state index contributed by atoms with van der Waals surface area (Å²) < 4.78 is 10.8. The summed E-state index contributed by atoms with van der Waals surface area (Å²) in [6, 6.07) is 4.96. The summed E-state index contributed by atoms with van der Waals surface area (Å²) in [6.45, 7) is 2.43. The van der Waals surface area contributed by atoms with Crippen LogP contribution in [0.5, 0.6) is 5.75 Å². The first-order valence-electron chi connectivity index (χ1n) is 8.04. The van der Waals surface area contributed by atoms with Gasteiger partial charge in [0, 0.05) is 17.7 Å². The van der Waals surface area contributed by atoms with Gasteiger partial charge < -0.3 is 15.2 Å². The number of benzene rings is 1. The summed E-state index contributed by atoms with van der Waals surface area (Å²) in [5, 5.41) is 16.3. The van der Waals surface area contributed by atoms with Gasteiger partial charge in [-0.05, 0) is 55.9 Å². The lowest BCUT2D eigenvalue weighted by molar-refractivity contribution is 0.0222. The molecule has 6 heteroatoms. The van der Waals surface area contributed by atoms with Crippen LogP contribution in [0.4, 0.5) is 0 Å². The molecule has 0 unspecified atom stereocenters. The summed E-state index contributed by atoms with van der Waals surface area (Å²) in [5.41, 5.74) is 8.56. The fourth-order valence-electron chi connectivity index (χ4n) is 2.77. The standard InChI is InChI=1S/C18H23N3O3/c1-2-23-11-24-16-9-12(10-22)7-8-15(16)17(19)13-5-3-4-6-14(13)18(20)21/h7-10,19H,2-6,11H2,1H3,(H3,20,21). The van der Waals surface area contributed by atoms with Gasteiger partial charge in [-0.15, -0.1) is 0 Å². The number of aldehydes is 1. The molecule has 0 saturated heterocycles. The van der Waals surface area contributed by atoms with Crippen LogP contribution in [-0.4, -0.2) is 31.2 Å². The number of nitrogens with two attached hydrogens (primary N) is 1. The molecule has 0 saturated carbocycles. The SMILES string of the molecule is CCOCOc1cc(C=O)ccc1C(=N)C1=C(C(=N)N)CCCC1. The second-order valence-electron chi connectivity index (χ2n) is 5.58. The average molecular weight is 329 g/mol. The van der Waals surface area contributed by atoms with E-state index in [0.29, 0.717) is 42.0 Å². The minimum absolute atomic E-state index is 0.0238. The fraction of sp³-hybridized carbons (Fsp3) is 0.389. The Kier molecular flexibility index (Phi) is 6.26. The Hall–Kier alpha value is -2.47. The summed E-state index contributed by atoms with van der Waals surface area (Å²) in [7, 11) is 0. The third kappa shape index (κ3) is 4.08. The van der Waals surface area contributed by atoms with Gasteiger partial charge >= 0.3 is 0 Å². The molecule has 1 aliphatic rings. The van der Waals surface area contributed by atoms with Crippen LogP contribution in [0.3, 0.4) is 0 Å². The number of nitrogens with one attached hydrogen (secondary N) is 2. The molecular weight excluding hydrogens is 306 g/mol. The van der Waals surface area contributed by atoms with Crippen LogP contribution in [0.2, 0.25) is 0 Å². The number of amidine groups is 1. The van der Waals surface area contributed by atoms with E-state index >= 15 is 0 Å². The molecule has 0 aromatic heterocycles. The Morgan fingerprint density at radius 1 is 1.25 bits per heavy atom. The van der Waals surface area contributed by atoms with Gasteiger partial charge in [-0.3, -0.25) is 15.6 Å². The second kappa shape index (κ2) is 8.40. The number of ether oxygens (including phenoxy) is 2. The van der Waals surface area contributed by atoms with E-state index in [1.807, 2.05) is 6.92 Å². The number of carbonyl (C=O) groups is 1. The molecule has 1 aromatic carbocycles. The average Bonchev–Trinajstić information content (AvgIpc) is 2.61. The molecule has 0 aliphatic heterocycles. The maximum Gasteiger partial charge on any atom is 0.189 e. The summed E-state index contributed by atoms with van der Waals surface area (Å²) in [5.74, 6) is 0.453. The van der Waals surface area contributed by atoms with Crippen LogP contribution >= 0.6 is 0 Å². The second-order valence-corrected chi connectivity index (χ2v) is 5.58. The molecule has 0 atom stereocenters. The Bertz CT molecular complexity index is 680. The minimum Gasteiger partial charge on any atom is -0.467 e. The van der Waals surface area contributed by atoms with Crippen LogP contribution in [0.1, 0.15) is 48.5 Å². The minimum atomic E-state index is 0.0238. The smallest absolute Gasteiger partial charge is 0.189 e. The predicted molar refractivity (Wildman–Crippen MR) is 93.2 cm³/mol. The highest BCUT2D eigenvalue weighted by molar-refractivity contribution is 6.16. The Balaban J connectivity index is 2.40. The molecule has 0 radical (unpaired) electrons. The summed E-state index contributed by atoms with van der Waals surface area (Å²) in [6.07, 6.45) is 4.12. The van der Waals surface area contributed by atoms with Gasteiger partial charge in [0.05, 0.1) is 5.71 Å². The normalized spacial score (nSPS) is 14.4. The molecule has 1 aliphatic carbocycles. The highest BCUT2D eigenvalue weighted by Crippen LogP contribution is 2.31. The Labute approximate surface area is 141 Å². The van der Waals surface area contributed by atoms with Gasteiger partial charge in [-0.25, -0.2) is 0 Å². The number of hydrogen-bond donors (Lipinski definition) is 3. The van der Waals surface area contributed by atoms with Gasteiger partial charge in [-0.1, -0.05) is 6.07 Å². The van der Waals surface area contributed by atoms with Crippen molar-refractivity contribution in [3.63, 3.8) is 0 Å². The van der Waals surface area contributed by atoms with Crippen molar-refractivity contribution in [3.8, 4) is 5.75 Å². The number of carbonyl (C=O) groups excluding carboxylic acids is 1. The number of allylic oxidation sites excluding steroid dienone is 1. The molecule has 2 rings (SSSR count). The quantitative estimate of drug-likeness (QED) is 0.224. The first-order chi connectivity index (χ1) is 11.6. The summed E-state index contributed by atoms with van der Waals surface area (Å²) >= 11 is 0. The van der Waals surface area contributed by atoms with Crippen molar-refractivity contribution in [3.05, 3.63) is 40.5 Å². The van der Waals surface area contributed by atoms with Crippen molar-refractivity contribution < 1.29 is 14.3 Å². The highest BCUT2D eigenvalue weighted by Gasteiger charge is 2.21. The van der Waals surface area contributed by atoms with Crippen LogP contribution < -0.4 is 10.5 Å². The van der Waals surface area contributed by atoms with E-state index in [4.69, 9.17) is 26.0 Å². The van der Waals surface area contributed by atoms with Crippen molar-refractivity contribution in [2.45, 2.75) is 32.6 Å². The van der Waals surface area contributed by atoms with Crippen LogP contribution in [0, 0.1) is 10.8 Å². The molecule has 0 spiro atoms. The van der Waals surface area contributed by atoms with Crippen molar-refractivity contribution in [1.29, 1.82) is 10.8 Å². The third-order valence-electron chi connectivity index (χ3n) is 4.01. The van der Waals surface area contributed by atoms with E-state index in [-0.39, 0.29) is 12.6 Å². The van der Waals surface area contributed by atoms with Gasteiger partial charge in [0.2, 0.25) is 0 Å². The third-order valence-corrected chi connectivity index (χ3v) is 4.01. The van der Waals surface area contributed by atoms with E-state index in [2.05, 4.69) is 0 Å². The molecule has 0 amide bonds. The maximum atomic E-state index is 11.0. The zero-order valence-corrected chi connectivity index (χ0v) is 13.9. The molecule has 6 nitrogen and oxygen atoms in total. The lowest BCUT2D eigenvalue weighted by atomic mass is 9.85. The molecule has 128 valence electrons. The van der Waals surface area contributed by atoms with Gasteiger partial charge in [-0.2, -0.15) is 0 Å². The van der Waals surface area contributed by atoms with Gasteiger partial charge in [0.15, 0.2) is 6.79 Å². The number of hydrogen-bond acceptors (Lipinski definition) is 5. The van der Waals surface area contributed by atoms with E-state index in [9.17, 15) is 4.79 Å². The number of rotatable bonds is 8. The van der Waals surface area contributed by atoms with Crippen molar-refractivity contribution in [2.75, 3.05) is 13.4 Å². The first-order valence-corrected chi connectivity index (χ1v) is 8.04. The van der Waals surface area contributed by atoms with E-state index in [0.717, 1.165) is 30.3 Å². The molecule has 1 aromatic rings. The topological polar surface area (TPSA) is 109 Å². The van der Waals surface area contributed by atoms with Crippen LogP contribution in [0.15, 0.2) is 29.3 Å². The fourth-order valence-corrected chi connectivity index (χ4v) is 2.77. The lowest BCUT2D eigenvalue weighted by Gasteiger charge is -2.21. The van der Waals surface area contributed by atoms with Crippen molar-refractivity contribution in [1.82, 2.24) is 0 Å². The Morgan fingerprint density at radius 3 is 2.58 bits per heavy atom. The van der Waals surface area contributed by atoms with Crippen molar-refractivity contribution >= 4 is 17.8 Å². The van der Waals surface area contributed by atoms with Gasteiger partial charge in [0.1, 0.15) is 17.9 Å². The lowest BCUT2D eigenvalue weighted by Crippen LogP contribution is -2.21. The monoisotopic (exact) mass is 329 g/mol. The largest absolute Gasteiger partial charge is 0.467 e. The van der Waals surface area contributed by atoms with E-state index in [1.54, 1.807) is 18.2 Å². The predicted octanol–water partition coefficient (Wildman–Crippen LogP) is 3.05. The maximum absolute atomic E-state index is 11.0. The van der Waals surface area contributed by atoms with E-state index in [1.165, 1.54) is 0 Å². The first kappa shape index (κ1) is 17.9. The molecule has 24 heavy (non-hydrogen) atoms. The molecule has 0 bridgehead atoms. The van der Waals surface area contributed by atoms with Gasteiger partial charge in [0.25, 0.3) is 0 Å². The summed E-state index contributed by atoms with van der Waals surface area (Å²) in [4.78, 5) is 11.0.